The third kappa shape index (κ3) is 1.17. The number of halogens is 1. The topological polar surface area (TPSA) is 60.7 Å². The molecule has 0 radical (unpaired) electrons. The van der Waals surface area contributed by atoms with E-state index in [1.54, 1.807) is 7.05 Å². The molecular weight excluding hydrogens is 192 g/mol. The van der Waals surface area contributed by atoms with Gasteiger partial charge in [0.2, 0.25) is 0 Å². The Kier molecular flexibility index (Phi) is 1.73. The van der Waals surface area contributed by atoms with Crippen molar-refractivity contribution in [2.75, 3.05) is 0 Å². The quantitative estimate of drug-likeness (QED) is 0.572. The van der Waals surface area contributed by atoms with Gasteiger partial charge in [0.1, 0.15) is 11.8 Å². The summed E-state index contributed by atoms with van der Waals surface area (Å²) in [6, 6.07) is 0. The van der Waals surface area contributed by atoms with Crippen molar-refractivity contribution in [3.05, 3.63) is 28.0 Å². The van der Waals surface area contributed by atoms with E-state index in [9.17, 15) is 4.79 Å². The summed E-state index contributed by atoms with van der Waals surface area (Å²) >= 11 is 5.75. The zero-order valence-electron chi connectivity index (χ0n) is 6.73. The fourth-order valence-electron chi connectivity index (χ4n) is 1.02. The van der Waals surface area contributed by atoms with Crippen LogP contribution in [-0.4, -0.2) is 19.5 Å². The molecule has 5 nitrogen and oxygen atoms in total. The van der Waals surface area contributed by atoms with E-state index >= 15 is 0 Å². The molecule has 2 aromatic heterocycles. The van der Waals surface area contributed by atoms with Gasteiger partial charge in [0.05, 0.1) is 6.20 Å². The fourth-order valence-corrected chi connectivity index (χ4v) is 1.19. The first kappa shape index (κ1) is 8.12. The highest BCUT2D eigenvalue weighted by Gasteiger charge is 2.05. The molecule has 0 aromatic carbocycles. The largest absolute Gasteiger partial charge is 0.293 e. The Morgan fingerprint density at radius 3 is 2.92 bits per heavy atom. The van der Waals surface area contributed by atoms with Gasteiger partial charge in [-0.1, -0.05) is 11.6 Å². The minimum atomic E-state index is -0.220. The Morgan fingerprint density at radius 2 is 2.15 bits per heavy atom. The van der Waals surface area contributed by atoms with Gasteiger partial charge in [0.15, 0.2) is 10.8 Å². The minimum absolute atomic E-state index is 0.220. The highest BCUT2D eigenvalue weighted by molar-refractivity contribution is 6.33. The molecule has 0 saturated carbocycles. The number of aryl methyl sites for hydroxylation is 1. The number of hydrogen-bond donors (Lipinski definition) is 0. The number of fused-ring (bicyclic) bond motifs is 1. The molecule has 0 spiro atoms. The zero-order valence-corrected chi connectivity index (χ0v) is 7.49. The van der Waals surface area contributed by atoms with Crippen LogP contribution in [0.15, 0.2) is 17.3 Å². The lowest BCUT2D eigenvalue weighted by atomic mass is 10.5. The maximum atomic E-state index is 11.1. The van der Waals surface area contributed by atoms with Gasteiger partial charge < -0.3 is 0 Å². The molecule has 0 aliphatic carbocycles. The Hall–Kier alpha value is -1.49. The van der Waals surface area contributed by atoms with Crippen molar-refractivity contribution in [2.45, 2.75) is 0 Å². The van der Waals surface area contributed by atoms with Crippen molar-refractivity contribution < 1.29 is 0 Å². The predicted octanol–water partition coefficient (Wildman–Crippen LogP) is 0.377. The molecule has 13 heavy (non-hydrogen) atoms. The van der Waals surface area contributed by atoms with Crippen LogP contribution in [-0.2, 0) is 7.05 Å². The van der Waals surface area contributed by atoms with E-state index in [0.29, 0.717) is 11.2 Å². The van der Waals surface area contributed by atoms with Crippen molar-refractivity contribution in [1.82, 2.24) is 19.5 Å². The van der Waals surface area contributed by atoms with Gasteiger partial charge in [-0.25, -0.2) is 15.0 Å². The maximum absolute atomic E-state index is 11.1. The van der Waals surface area contributed by atoms with Gasteiger partial charge in [-0.15, -0.1) is 0 Å². The minimum Gasteiger partial charge on any atom is -0.293 e. The molecule has 66 valence electrons. The standard InChI is InChI=1S/C7H5ClN4O/c1-12-4(13)2-9-5-6(8)10-3-11-7(5)12/h2-3H,1H3. The monoisotopic (exact) mass is 196 g/mol. The summed E-state index contributed by atoms with van der Waals surface area (Å²) in [4.78, 5) is 22.7. The van der Waals surface area contributed by atoms with Crippen LogP contribution in [0.2, 0.25) is 5.15 Å². The molecule has 0 saturated heterocycles. The third-order valence-corrected chi connectivity index (χ3v) is 1.99. The number of aromatic nitrogens is 4. The molecule has 0 N–H and O–H groups in total. The lowest BCUT2D eigenvalue weighted by molar-refractivity contribution is 0.868. The van der Waals surface area contributed by atoms with Gasteiger partial charge in [-0.05, 0) is 0 Å². The summed E-state index contributed by atoms with van der Waals surface area (Å²) in [6.07, 6.45) is 2.49. The van der Waals surface area contributed by atoms with Crippen LogP contribution in [0.4, 0.5) is 0 Å². The van der Waals surface area contributed by atoms with Gasteiger partial charge in [-0.2, -0.15) is 0 Å². The SMILES string of the molecule is Cn1c(=O)cnc2c(Cl)ncnc21. The highest BCUT2D eigenvalue weighted by Crippen LogP contribution is 2.13. The first-order chi connectivity index (χ1) is 6.20. The average molecular weight is 197 g/mol. The van der Waals surface area contributed by atoms with Gasteiger partial charge in [0, 0.05) is 7.05 Å². The Morgan fingerprint density at radius 1 is 1.38 bits per heavy atom. The molecule has 0 aliphatic heterocycles. The van der Waals surface area contributed by atoms with Crippen molar-refractivity contribution in [3.63, 3.8) is 0 Å². The Bertz CT molecular complexity index is 521. The van der Waals surface area contributed by atoms with Crippen LogP contribution in [0.25, 0.3) is 11.2 Å². The highest BCUT2D eigenvalue weighted by atomic mass is 35.5. The van der Waals surface area contributed by atoms with Crippen molar-refractivity contribution >= 4 is 22.8 Å². The molecule has 0 unspecified atom stereocenters. The van der Waals surface area contributed by atoms with Crippen molar-refractivity contribution in [1.29, 1.82) is 0 Å². The first-order valence-corrected chi connectivity index (χ1v) is 3.90. The summed E-state index contributed by atoms with van der Waals surface area (Å²) in [5.41, 5.74) is 0.654. The molecule has 2 heterocycles. The second-order valence-electron chi connectivity index (χ2n) is 2.49. The van der Waals surface area contributed by atoms with Crippen LogP contribution >= 0.6 is 11.6 Å². The summed E-state index contributed by atoms with van der Waals surface area (Å²) in [5.74, 6) is 0. The molecule has 0 aliphatic rings. The molecular formula is C7H5ClN4O. The summed E-state index contributed by atoms with van der Waals surface area (Å²) in [5, 5.41) is 0.251. The van der Waals surface area contributed by atoms with Crippen molar-refractivity contribution in [3.8, 4) is 0 Å². The average Bonchev–Trinajstić information content (AvgIpc) is 2.12. The van der Waals surface area contributed by atoms with Crippen LogP contribution < -0.4 is 5.56 Å². The van der Waals surface area contributed by atoms with E-state index in [4.69, 9.17) is 11.6 Å². The zero-order chi connectivity index (χ0) is 9.42. The summed E-state index contributed by atoms with van der Waals surface area (Å²) < 4.78 is 1.37. The molecule has 6 heteroatoms. The van der Waals surface area contributed by atoms with Gasteiger partial charge in [-0.3, -0.25) is 9.36 Å². The lowest BCUT2D eigenvalue weighted by Gasteiger charge is -2.01. The normalized spacial score (nSPS) is 10.6. The van der Waals surface area contributed by atoms with Crippen LogP contribution in [0.3, 0.4) is 0 Å². The molecule has 2 aromatic rings. The van der Waals surface area contributed by atoms with Crippen LogP contribution in [0.5, 0.6) is 0 Å². The summed E-state index contributed by atoms with van der Waals surface area (Å²) in [6.45, 7) is 0. The van der Waals surface area contributed by atoms with Crippen molar-refractivity contribution in [2.24, 2.45) is 7.05 Å². The lowest BCUT2D eigenvalue weighted by Crippen LogP contribution is -2.17. The number of hydrogen-bond acceptors (Lipinski definition) is 4. The second kappa shape index (κ2) is 2.77. The van der Waals surface area contributed by atoms with Crippen LogP contribution in [0, 0.1) is 0 Å². The van der Waals surface area contributed by atoms with Gasteiger partial charge in [0.25, 0.3) is 5.56 Å². The first-order valence-electron chi connectivity index (χ1n) is 3.52. The number of rotatable bonds is 0. The van der Waals surface area contributed by atoms with E-state index in [-0.39, 0.29) is 10.7 Å². The molecule has 2 rings (SSSR count). The van der Waals surface area contributed by atoms with E-state index in [1.807, 2.05) is 0 Å². The molecule has 0 atom stereocenters. The van der Waals surface area contributed by atoms with Crippen LogP contribution in [0.1, 0.15) is 0 Å². The smallest absolute Gasteiger partial charge is 0.270 e. The maximum Gasteiger partial charge on any atom is 0.270 e. The number of nitrogens with zero attached hydrogens (tertiary/aromatic N) is 4. The third-order valence-electron chi connectivity index (χ3n) is 1.71. The predicted molar refractivity (Wildman–Crippen MR) is 47.6 cm³/mol. The molecule has 0 bridgehead atoms. The second-order valence-corrected chi connectivity index (χ2v) is 2.85. The fraction of sp³-hybridized carbons (Fsp3) is 0.143. The summed E-state index contributed by atoms with van der Waals surface area (Å²) in [7, 11) is 1.61. The van der Waals surface area contributed by atoms with E-state index in [1.165, 1.54) is 17.1 Å². The Balaban J connectivity index is 3.03. The Labute approximate surface area is 78.0 Å². The van der Waals surface area contributed by atoms with E-state index in [0.717, 1.165) is 0 Å². The van der Waals surface area contributed by atoms with Gasteiger partial charge >= 0.3 is 0 Å². The molecule has 0 amide bonds. The van der Waals surface area contributed by atoms with E-state index in [2.05, 4.69) is 15.0 Å². The molecule has 0 fully saturated rings. The van der Waals surface area contributed by atoms with E-state index < -0.39 is 0 Å².